The van der Waals surface area contributed by atoms with Crippen LogP contribution in [0.4, 0.5) is 11.8 Å². The molecule has 2 aliphatic heterocycles. The highest BCUT2D eigenvalue weighted by atomic mass is 32.7. The standard InChI is InChI=1S/C20H26N10O10P2S2/c21-15-11-16(24-4-23-15)29(5-25-11)10-1-7(31)8(38-10)3-37-42(35,44)40-14-13(32)9(2-36-41(34)43)39-19(14)30-6-26-12-17(30)27-20(22)28-18(12)33/h4-10,13-14,19,31-32,41H,1-3H2,(H,34,43)(H,35,44)(H2,21,23,24)(H3,22,27,28,33)/t7-,8-,9-,10-,13+,14+,19-,42?/m1/s1. The van der Waals surface area contributed by atoms with Gasteiger partial charge in [0.25, 0.3) is 5.56 Å². The summed E-state index contributed by atoms with van der Waals surface area (Å²) in [7, 11) is -2.70. The molecule has 2 fully saturated rings. The molecule has 9 atom stereocenters. The summed E-state index contributed by atoms with van der Waals surface area (Å²) in [6, 6.07) is 0. The molecule has 0 aromatic carbocycles. The monoisotopic (exact) mass is 692 g/mol. The van der Waals surface area contributed by atoms with Gasteiger partial charge in [-0.1, -0.05) is 24.5 Å². The molecular weight excluding hydrogens is 666 g/mol. The molecule has 20 nitrogen and oxygen atoms in total. The average molecular weight is 693 g/mol. The first kappa shape index (κ1) is 31.4. The van der Waals surface area contributed by atoms with Crippen molar-refractivity contribution < 1.29 is 42.4 Å². The number of nitrogens with one attached hydrogen (secondary N) is 1. The lowest BCUT2D eigenvalue weighted by Crippen LogP contribution is -2.35. The number of rotatable bonds is 10. The number of aliphatic hydroxyl groups is 2. The van der Waals surface area contributed by atoms with E-state index < -0.39 is 69.2 Å². The highest BCUT2D eigenvalue weighted by molar-refractivity contribution is 8.44. The zero-order chi connectivity index (χ0) is 31.3. The Morgan fingerprint density at radius 3 is 2.61 bits per heavy atom. The van der Waals surface area contributed by atoms with Gasteiger partial charge in [0.2, 0.25) is 13.2 Å². The van der Waals surface area contributed by atoms with E-state index in [2.05, 4.69) is 54.4 Å². The van der Waals surface area contributed by atoms with Crippen LogP contribution in [0.3, 0.4) is 0 Å². The number of hydrogen-bond donors (Lipinski definition) is 7. The fourth-order valence-electron chi connectivity index (χ4n) is 4.94. The van der Waals surface area contributed by atoms with Crippen LogP contribution in [0, 0.1) is 0 Å². The predicted molar refractivity (Wildman–Crippen MR) is 158 cm³/mol. The lowest BCUT2D eigenvalue weighted by Gasteiger charge is -2.25. The van der Waals surface area contributed by atoms with E-state index in [4.69, 9.17) is 34.5 Å². The van der Waals surface area contributed by atoms with Crippen LogP contribution < -0.4 is 17.0 Å². The van der Waals surface area contributed by atoms with Crippen molar-refractivity contribution in [3.8, 4) is 0 Å². The van der Waals surface area contributed by atoms with Crippen molar-refractivity contribution in [2.45, 2.75) is 49.4 Å². The molecule has 0 amide bonds. The lowest BCUT2D eigenvalue weighted by atomic mass is 10.1. The highest BCUT2D eigenvalue weighted by Crippen LogP contribution is 2.57. The van der Waals surface area contributed by atoms with Gasteiger partial charge in [-0.05, 0) is 0 Å². The number of hydrogen-bond acceptors (Lipinski definition) is 17. The van der Waals surface area contributed by atoms with Gasteiger partial charge in [0.1, 0.15) is 42.5 Å². The maximum atomic E-state index is 13.4. The van der Waals surface area contributed by atoms with Gasteiger partial charge in [-0.25, -0.2) is 24.5 Å². The van der Waals surface area contributed by atoms with E-state index in [0.29, 0.717) is 11.2 Å². The zero-order valence-electron chi connectivity index (χ0n) is 22.2. The van der Waals surface area contributed by atoms with Crippen LogP contribution in [0.5, 0.6) is 0 Å². The normalized spacial score (nSPS) is 29.4. The Morgan fingerprint density at radius 1 is 1.09 bits per heavy atom. The smallest absolute Gasteiger partial charge is 0.386 e. The van der Waals surface area contributed by atoms with Crippen molar-refractivity contribution in [1.82, 2.24) is 39.0 Å². The summed E-state index contributed by atoms with van der Waals surface area (Å²) in [6.07, 6.45) is -4.12. The van der Waals surface area contributed by atoms with Gasteiger partial charge in [0, 0.05) is 6.42 Å². The number of aromatic nitrogens is 8. The summed E-state index contributed by atoms with van der Waals surface area (Å²) in [5.41, 5.74) is 11.5. The van der Waals surface area contributed by atoms with Crippen LogP contribution in [0.2, 0.25) is 0 Å². The number of ether oxygens (including phenoxy) is 2. The number of aromatic amines is 1. The van der Waals surface area contributed by atoms with E-state index in [0.717, 1.165) is 0 Å². The van der Waals surface area contributed by atoms with Crippen molar-refractivity contribution in [2.75, 3.05) is 24.7 Å². The Bertz CT molecular complexity index is 1820. The number of H-pyrrole nitrogens is 1. The van der Waals surface area contributed by atoms with E-state index in [1.54, 1.807) is 4.57 Å². The lowest BCUT2D eigenvalue weighted by molar-refractivity contribution is -0.0501. The molecule has 7 N–H and O–H groups in total. The van der Waals surface area contributed by atoms with Gasteiger partial charge in [0.15, 0.2) is 28.9 Å². The van der Waals surface area contributed by atoms with Crippen molar-refractivity contribution in [2.24, 2.45) is 0 Å². The molecule has 4 aromatic heterocycles. The zero-order valence-corrected chi connectivity index (χ0v) is 25.9. The largest absolute Gasteiger partial charge is 0.390 e. The van der Waals surface area contributed by atoms with E-state index in [-0.39, 0.29) is 36.0 Å². The first-order valence-corrected chi connectivity index (χ1v) is 18.1. The summed E-state index contributed by atoms with van der Waals surface area (Å²) in [5, 5.41) is 21.7. The van der Waals surface area contributed by atoms with Gasteiger partial charge in [-0.2, -0.15) is 4.98 Å². The van der Waals surface area contributed by atoms with Crippen molar-refractivity contribution in [3.05, 3.63) is 29.3 Å². The Labute approximate surface area is 257 Å². The molecule has 2 unspecified atom stereocenters. The third-order valence-electron chi connectivity index (χ3n) is 6.97. The summed E-state index contributed by atoms with van der Waals surface area (Å²) in [6.45, 7) is -5.11. The summed E-state index contributed by atoms with van der Waals surface area (Å²) in [4.78, 5) is 35.0. The fraction of sp³-hybridized carbons (Fsp3) is 0.500. The quantitative estimate of drug-likeness (QED) is 0.0837. The van der Waals surface area contributed by atoms with Gasteiger partial charge in [-0.15, -0.1) is 0 Å². The number of anilines is 2. The maximum Gasteiger partial charge on any atom is 0.386 e. The fourth-order valence-corrected chi connectivity index (χ4v) is 6.93. The predicted octanol–water partition coefficient (Wildman–Crippen LogP) is -0.194. The van der Waals surface area contributed by atoms with Crippen LogP contribution in [0.1, 0.15) is 18.9 Å². The SMILES string of the molecule is Nc1nc2c(ncn2[C@@H]2O[C@H](CO[PH](=O)S)[C@H](O)[C@@H]2OP(=O)(S)OC[C@H]2O[C@@H](n3cnc4c(N)ncnc43)C[C@H]2O)c(=O)[nH]1. The van der Waals surface area contributed by atoms with E-state index in [1.165, 1.54) is 23.5 Å². The molecule has 44 heavy (non-hydrogen) atoms. The summed E-state index contributed by atoms with van der Waals surface area (Å²) >= 11 is 7.79. The third kappa shape index (κ3) is 6.12. The first-order chi connectivity index (χ1) is 20.9. The molecule has 6 heterocycles. The number of thiol groups is 2. The minimum Gasteiger partial charge on any atom is -0.390 e. The second kappa shape index (κ2) is 12.3. The number of nitrogens with two attached hydrogens (primary N) is 2. The molecule has 0 spiro atoms. The molecule has 0 saturated carbocycles. The van der Waals surface area contributed by atoms with Crippen molar-refractivity contribution >= 4 is 72.6 Å². The van der Waals surface area contributed by atoms with Crippen LogP contribution in [0.25, 0.3) is 22.3 Å². The number of fused-ring (bicyclic) bond motifs is 2. The van der Waals surface area contributed by atoms with E-state index >= 15 is 0 Å². The van der Waals surface area contributed by atoms with E-state index in [9.17, 15) is 24.1 Å². The van der Waals surface area contributed by atoms with Gasteiger partial charge in [0.05, 0.1) is 32.0 Å². The minimum atomic E-state index is -4.32. The van der Waals surface area contributed by atoms with Crippen LogP contribution >= 0.6 is 38.5 Å². The van der Waals surface area contributed by atoms with Crippen LogP contribution in [0.15, 0.2) is 23.8 Å². The van der Waals surface area contributed by atoms with E-state index in [1.807, 2.05) is 0 Å². The van der Waals surface area contributed by atoms with Gasteiger partial charge < -0.3 is 35.7 Å². The molecule has 2 aliphatic rings. The Kier molecular flexibility index (Phi) is 8.76. The van der Waals surface area contributed by atoms with Crippen molar-refractivity contribution in [3.63, 3.8) is 0 Å². The third-order valence-corrected chi connectivity index (χ3v) is 9.38. The molecule has 2 saturated heterocycles. The first-order valence-electron chi connectivity index (χ1n) is 12.8. The number of nitrogen functional groups attached to an aromatic ring is 2. The summed E-state index contributed by atoms with van der Waals surface area (Å²) in [5.74, 6) is -0.0368. The Balaban J connectivity index is 1.18. The second-order valence-electron chi connectivity index (χ2n) is 9.76. The molecule has 0 bridgehead atoms. The van der Waals surface area contributed by atoms with Gasteiger partial charge in [-0.3, -0.25) is 32.5 Å². The van der Waals surface area contributed by atoms with Crippen LogP contribution in [-0.4, -0.2) is 93.0 Å². The molecule has 0 radical (unpaired) electrons. The molecule has 0 aliphatic carbocycles. The van der Waals surface area contributed by atoms with Crippen molar-refractivity contribution in [1.29, 1.82) is 0 Å². The number of imidazole rings is 2. The molecule has 4 aromatic rings. The Hall–Kier alpha value is -2.62. The average Bonchev–Trinajstić information content (AvgIpc) is 3.72. The molecule has 24 heteroatoms. The number of nitrogens with zero attached hydrogens (tertiary/aromatic N) is 7. The molecule has 238 valence electrons. The highest BCUT2D eigenvalue weighted by Gasteiger charge is 2.49. The van der Waals surface area contributed by atoms with Gasteiger partial charge >= 0.3 is 6.80 Å². The molecule has 6 rings (SSSR count). The summed E-state index contributed by atoms with van der Waals surface area (Å²) < 4.78 is 55.7. The topological polar surface area (TPSA) is 280 Å². The van der Waals surface area contributed by atoms with Crippen LogP contribution in [-0.2, 0) is 32.2 Å². The molecular formula is C20H26N10O10P2S2. The minimum absolute atomic E-state index is 0.0242. The Morgan fingerprint density at radius 2 is 1.84 bits per heavy atom. The number of aliphatic hydroxyl groups excluding tert-OH is 2. The maximum absolute atomic E-state index is 13.4. The second-order valence-corrected chi connectivity index (χ2v) is 14.5.